The van der Waals surface area contributed by atoms with E-state index in [-0.39, 0.29) is 11.5 Å². The van der Waals surface area contributed by atoms with E-state index in [9.17, 15) is 9.59 Å². The summed E-state index contributed by atoms with van der Waals surface area (Å²) in [5, 5.41) is 12.8. The molecule has 1 atom stereocenters. The van der Waals surface area contributed by atoms with Crippen LogP contribution in [-0.4, -0.2) is 36.4 Å². The number of aliphatic carboxylic acids is 1. The van der Waals surface area contributed by atoms with Crippen molar-refractivity contribution in [2.24, 2.45) is 5.10 Å². The van der Waals surface area contributed by atoms with Gasteiger partial charge in [0.05, 0.1) is 19.6 Å². The van der Waals surface area contributed by atoms with Crippen LogP contribution < -0.4 is 14.9 Å². The number of rotatable bonds is 7. The highest BCUT2D eigenvalue weighted by atomic mass is 16.5. The third-order valence-corrected chi connectivity index (χ3v) is 2.99. The predicted octanol–water partition coefficient (Wildman–Crippen LogP) is 1.90. The normalized spacial score (nSPS) is 11.9. The van der Waals surface area contributed by atoms with Gasteiger partial charge >= 0.3 is 11.9 Å². The SMILES string of the molecule is COc1cccc(/C=N/NC(=O)c2ccco2)c1O[C@@H](C)C(=O)O. The monoisotopic (exact) mass is 332 g/mol. The van der Waals surface area contributed by atoms with Gasteiger partial charge in [-0.3, -0.25) is 4.79 Å². The van der Waals surface area contributed by atoms with Gasteiger partial charge in [0.2, 0.25) is 0 Å². The largest absolute Gasteiger partial charge is 0.493 e. The summed E-state index contributed by atoms with van der Waals surface area (Å²) in [4.78, 5) is 22.7. The molecule has 1 aromatic carbocycles. The molecular formula is C16H16N2O6. The molecular weight excluding hydrogens is 316 g/mol. The van der Waals surface area contributed by atoms with E-state index < -0.39 is 18.0 Å². The molecule has 0 spiro atoms. The van der Waals surface area contributed by atoms with Crippen LogP contribution in [0.15, 0.2) is 46.1 Å². The van der Waals surface area contributed by atoms with E-state index in [0.717, 1.165) is 0 Å². The molecule has 8 heteroatoms. The van der Waals surface area contributed by atoms with Gasteiger partial charge in [-0.2, -0.15) is 5.10 Å². The molecule has 0 bridgehead atoms. The first-order valence-electron chi connectivity index (χ1n) is 6.96. The summed E-state index contributed by atoms with van der Waals surface area (Å²) in [6.45, 7) is 1.40. The van der Waals surface area contributed by atoms with Gasteiger partial charge in [-0.25, -0.2) is 10.2 Å². The second kappa shape index (κ2) is 7.82. The number of amides is 1. The standard InChI is InChI=1S/C16H16N2O6/c1-10(16(20)21)24-14-11(5-3-6-12(14)22-2)9-17-18-15(19)13-7-4-8-23-13/h3-10H,1-2H3,(H,18,19)(H,20,21)/b17-9+/t10-/m0/s1. The minimum Gasteiger partial charge on any atom is -0.493 e. The highest BCUT2D eigenvalue weighted by Gasteiger charge is 2.18. The Morgan fingerprint density at radius 2 is 2.12 bits per heavy atom. The van der Waals surface area contributed by atoms with Gasteiger partial charge in [-0.05, 0) is 31.2 Å². The lowest BCUT2D eigenvalue weighted by molar-refractivity contribution is -0.144. The van der Waals surface area contributed by atoms with Gasteiger partial charge in [0.25, 0.3) is 0 Å². The number of carbonyl (C=O) groups is 2. The fourth-order valence-electron chi connectivity index (χ4n) is 1.77. The summed E-state index contributed by atoms with van der Waals surface area (Å²) in [5.74, 6) is -0.945. The molecule has 1 amide bonds. The number of ether oxygens (including phenoxy) is 2. The van der Waals surface area contributed by atoms with Crippen molar-refractivity contribution >= 4 is 18.1 Å². The van der Waals surface area contributed by atoms with E-state index in [2.05, 4.69) is 10.5 Å². The maximum absolute atomic E-state index is 11.7. The Morgan fingerprint density at radius 1 is 1.33 bits per heavy atom. The number of para-hydroxylation sites is 1. The lowest BCUT2D eigenvalue weighted by Crippen LogP contribution is -2.23. The molecule has 0 saturated heterocycles. The first kappa shape index (κ1) is 17.1. The van der Waals surface area contributed by atoms with Crippen LogP contribution in [0.5, 0.6) is 11.5 Å². The number of hydrogen-bond acceptors (Lipinski definition) is 6. The van der Waals surface area contributed by atoms with Crippen LogP contribution >= 0.6 is 0 Å². The van der Waals surface area contributed by atoms with Crippen LogP contribution in [0.4, 0.5) is 0 Å². The zero-order chi connectivity index (χ0) is 17.5. The maximum Gasteiger partial charge on any atom is 0.344 e. The first-order chi connectivity index (χ1) is 11.5. The topological polar surface area (TPSA) is 110 Å². The average Bonchev–Trinajstić information content (AvgIpc) is 3.10. The van der Waals surface area contributed by atoms with Crippen LogP contribution in [-0.2, 0) is 4.79 Å². The Morgan fingerprint density at radius 3 is 2.75 bits per heavy atom. The Balaban J connectivity index is 2.18. The fourth-order valence-corrected chi connectivity index (χ4v) is 1.77. The second-order valence-corrected chi connectivity index (χ2v) is 4.65. The summed E-state index contributed by atoms with van der Waals surface area (Å²) in [6.07, 6.45) is 1.62. The molecule has 2 N–H and O–H groups in total. The molecule has 8 nitrogen and oxygen atoms in total. The molecule has 0 aliphatic carbocycles. The van der Waals surface area contributed by atoms with Crippen molar-refractivity contribution in [3.05, 3.63) is 47.9 Å². The zero-order valence-electron chi connectivity index (χ0n) is 13.1. The Bertz CT molecular complexity index is 739. The van der Waals surface area contributed by atoms with Crippen molar-refractivity contribution in [3.63, 3.8) is 0 Å². The van der Waals surface area contributed by atoms with E-state index >= 15 is 0 Å². The lowest BCUT2D eigenvalue weighted by Gasteiger charge is -2.15. The number of benzene rings is 1. The number of hydrazone groups is 1. The number of carboxylic acids is 1. The van der Waals surface area contributed by atoms with Crippen LogP contribution in [0.2, 0.25) is 0 Å². The van der Waals surface area contributed by atoms with Crippen LogP contribution in [0.1, 0.15) is 23.0 Å². The van der Waals surface area contributed by atoms with Gasteiger partial charge in [-0.15, -0.1) is 0 Å². The highest BCUT2D eigenvalue weighted by molar-refractivity contribution is 5.93. The van der Waals surface area contributed by atoms with Crippen LogP contribution in [0, 0.1) is 0 Å². The molecule has 0 aliphatic heterocycles. The van der Waals surface area contributed by atoms with Crippen molar-refractivity contribution in [2.45, 2.75) is 13.0 Å². The molecule has 1 aromatic heterocycles. The van der Waals surface area contributed by atoms with Gasteiger partial charge in [-0.1, -0.05) is 6.07 Å². The number of nitrogens with zero attached hydrogens (tertiary/aromatic N) is 1. The number of methoxy groups -OCH3 is 1. The molecule has 126 valence electrons. The van der Waals surface area contributed by atoms with Gasteiger partial charge in [0, 0.05) is 5.56 Å². The third-order valence-electron chi connectivity index (χ3n) is 2.99. The number of furan rings is 1. The minimum atomic E-state index is -1.12. The maximum atomic E-state index is 11.7. The Labute approximate surface area is 137 Å². The fraction of sp³-hybridized carbons (Fsp3) is 0.188. The van der Waals surface area contributed by atoms with Crippen molar-refractivity contribution in [1.82, 2.24) is 5.43 Å². The molecule has 2 aromatic rings. The highest BCUT2D eigenvalue weighted by Crippen LogP contribution is 2.31. The quantitative estimate of drug-likeness (QED) is 0.592. The van der Waals surface area contributed by atoms with Gasteiger partial charge in [0.1, 0.15) is 0 Å². The third kappa shape index (κ3) is 4.13. The second-order valence-electron chi connectivity index (χ2n) is 4.65. The summed E-state index contributed by atoms with van der Waals surface area (Å²) in [5.41, 5.74) is 2.74. The first-order valence-corrected chi connectivity index (χ1v) is 6.96. The number of hydrogen-bond donors (Lipinski definition) is 2. The van der Waals surface area contributed by atoms with Crippen LogP contribution in [0.3, 0.4) is 0 Å². The summed E-state index contributed by atoms with van der Waals surface area (Å²) in [6, 6.07) is 8.05. The zero-order valence-corrected chi connectivity index (χ0v) is 13.1. The van der Waals surface area contributed by atoms with E-state index in [0.29, 0.717) is 11.3 Å². The smallest absolute Gasteiger partial charge is 0.344 e. The Hall–Kier alpha value is -3.29. The number of carbonyl (C=O) groups excluding carboxylic acids is 1. The number of nitrogens with one attached hydrogen (secondary N) is 1. The lowest BCUT2D eigenvalue weighted by atomic mass is 10.2. The molecule has 0 saturated carbocycles. The molecule has 1 heterocycles. The molecule has 24 heavy (non-hydrogen) atoms. The molecule has 0 unspecified atom stereocenters. The van der Waals surface area contributed by atoms with Gasteiger partial charge in [0.15, 0.2) is 23.4 Å². The van der Waals surface area contributed by atoms with E-state index in [1.54, 1.807) is 24.3 Å². The molecule has 2 rings (SSSR count). The summed E-state index contributed by atoms with van der Waals surface area (Å²) in [7, 11) is 1.44. The van der Waals surface area contributed by atoms with E-state index in [1.807, 2.05) is 0 Å². The summed E-state index contributed by atoms with van der Waals surface area (Å²) < 4.78 is 15.5. The molecule has 0 radical (unpaired) electrons. The molecule has 0 aliphatic rings. The summed E-state index contributed by atoms with van der Waals surface area (Å²) >= 11 is 0. The van der Waals surface area contributed by atoms with E-state index in [1.165, 1.54) is 32.6 Å². The van der Waals surface area contributed by atoms with Crippen molar-refractivity contribution in [2.75, 3.05) is 7.11 Å². The molecule has 0 fully saturated rings. The van der Waals surface area contributed by atoms with Gasteiger partial charge < -0.3 is 19.0 Å². The van der Waals surface area contributed by atoms with Crippen molar-refractivity contribution in [3.8, 4) is 11.5 Å². The predicted molar refractivity (Wildman–Crippen MR) is 84.5 cm³/mol. The average molecular weight is 332 g/mol. The minimum absolute atomic E-state index is 0.119. The van der Waals surface area contributed by atoms with E-state index in [4.69, 9.17) is 19.0 Å². The van der Waals surface area contributed by atoms with Crippen LogP contribution in [0.25, 0.3) is 0 Å². The Kier molecular flexibility index (Phi) is 5.56. The van der Waals surface area contributed by atoms with Crippen molar-refractivity contribution in [1.29, 1.82) is 0 Å². The van der Waals surface area contributed by atoms with Crippen molar-refractivity contribution < 1.29 is 28.6 Å². The number of carboxylic acid groups (broad SMARTS) is 1.